The zero-order valence-corrected chi connectivity index (χ0v) is 13.9. The van der Waals surface area contributed by atoms with Gasteiger partial charge in [-0.1, -0.05) is 0 Å². The van der Waals surface area contributed by atoms with Crippen molar-refractivity contribution in [2.24, 2.45) is 0 Å². The fourth-order valence-corrected chi connectivity index (χ4v) is 3.44. The number of rotatable bonds is 4. The first-order valence-electron chi connectivity index (χ1n) is 7.10. The molecule has 0 saturated heterocycles. The first-order valence-corrected chi connectivity index (χ1v) is 9.17. The van der Waals surface area contributed by atoms with Crippen LogP contribution >= 0.6 is 0 Å². The molecular formula is C19H20Se. The standard InChI is InChI=1S/C19H20Se/c1-3-4-14-20-15-13-17-7-5-6-8-19(17)18-11-9-16(2)10-12-18/h5-12H,3-4,14H2,1-2H3. The summed E-state index contributed by atoms with van der Waals surface area (Å²) in [7, 11) is 0. The fourth-order valence-electron chi connectivity index (χ4n) is 1.94. The molecule has 0 saturated carbocycles. The Balaban J connectivity index is 2.20. The van der Waals surface area contributed by atoms with Gasteiger partial charge in [0, 0.05) is 0 Å². The van der Waals surface area contributed by atoms with Crippen molar-refractivity contribution in [3.63, 3.8) is 0 Å². The summed E-state index contributed by atoms with van der Waals surface area (Å²) in [6.07, 6.45) is 2.57. The summed E-state index contributed by atoms with van der Waals surface area (Å²) in [4.78, 5) is 3.37. The van der Waals surface area contributed by atoms with Crippen LogP contribution in [-0.4, -0.2) is 15.0 Å². The molecule has 0 bridgehead atoms. The van der Waals surface area contributed by atoms with Crippen LogP contribution in [0.15, 0.2) is 48.5 Å². The second-order valence-corrected chi connectivity index (χ2v) is 6.73. The molecule has 2 aromatic carbocycles. The number of hydrogen-bond donors (Lipinski definition) is 0. The number of unbranched alkanes of at least 4 members (excludes halogenated alkanes) is 1. The Labute approximate surface area is 128 Å². The molecule has 0 nitrogen and oxygen atoms in total. The molecule has 102 valence electrons. The summed E-state index contributed by atoms with van der Waals surface area (Å²) in [6, 6.07) is 17.1. The van der Waals surface area contributed by atoms with Gasteiger partial charge in [0.1, 0.15) is 0 Å². The summed E-state index contributed by atoms with van der Waals surface area (Å²) in [5, 5.41) is 1.27. The molecule has 0 aliphatic rings. The van der Waals surface area contributed by atoms with Gasteiger partial charge in [-0.25, -0.2) is 0 Å². The van der Waals surface area contributed by atoms with Crippen LogP contribution in [0.25, 0.3) is 11.1 Å². The second-order valence-electron chi connectivity index (χ2n) is 4.84. The van der Waals surface area contributed by atoms with E-state index in [0.29, 0.717) is 15.0 Å². The molecular weight excluding hydrogens is 307 g/mol. The molecule has 0 aromatic heterocycles. The maximum absolute atomic E-state index is 3.37. The Morgan fingerprint density at radius 1 is 1.00 bits per heavy atom. The van der Waals surface area contributed by atoms with E-state index < -0.39 is 0 Å². The number of hydrogen-bond acceptors (Lipinski definition) is 0. The van der Waals surface area contributed by atoms with Crippen molar-refractivity contribution >= 4 is 15.0 Å². The van der Waals surface area contributed by atoms with Crippen LogP contribution in [-0.2, 0) is 0 Å². The molecule has 0 atom stereocenters. The molecule has 0 N–H and O–H groups in total. The molecule has 0 aliphatic heterocycles. The quantitative estimate of drug-likeness (QED) is 0.426. The summed E-state index contributed by atoms with van der Waals surface area (Å²) >= 11 is 0.455. The third kappa shape index (κ3) is 4.27. The van der Waals surface area contributed by atoms with Gasteiger partial charge in [-0.15, -0.1) is 0 Å². The molecule has 0 unspecified atom stereocenters. The Morgan fingerprint density at radius 2 is 1.75 bits per heavy atom. The van der Waals surface area contributed by atoms with E-state index in [0.717, 1.165) is 5.56 Å². The van der Waals surface area contributed by atoms with Crippen molar-refractivity contribution < 1.29 is 0 Å². The molecule has 0 fully saturated rings. The normalized spacial score (nSPS) is 9.90. The zero-order valence-electron chi connectivity index (χ0n) is 12.1. The van der Waals surface area contributed by atoms with E-state index in [1.54, 1.807) is 0 Å². The van der Waals surface area contributed by atoms with Crippen LogP contribution in [0, 0.1) is 17.7 Å². The average molecular weight is 327 g/mol. The van der Waals surface area contributed by atoms with Crippen molar-refractivity contribution in [3.8, 4) is 21.9 Å². The second kappa shape index (κ2) is 7.95. The molecule has 0 radical (unpaired) electrons. The van der Waals surface area contributed by atoms with Gasteiger partial charge in [-0.05, 0) is 0 Å². The molecule has 0 amide bonds. The van der Waals surface area contributed by atoms with Crippen LogP contribution in [0.4, 0.5) is 0 Å². The predicted molar refractivity (Wildman–Crippen MR) is 89.0 cm³/mol. The van der Waals surface area contributed by atoms with Crippen LogP contribution in [0.3, 0.4) is 0 Å². The Bertz CT molecular complexity index is 600. The van der Waals surface area contributed by atoms with E-state index in [1.807, 2.05) is 0 Å². The van der Waals surface area contributed by atoms with Crippen LogP contribution in [0.5, 0.6) is 0 Å². The van der Waals surface area contributed by atoms with Crippen LogP contribution < -0.4 is 0 Å². The van der Waals surface area contributed by atoms with Gasteiger partial charge in [0.15, 0.2) is 0 Å². The third-order valence-corrected chi connectivity index (χ3v) is 4.70. The van der Waals surface area contributed by atoms with E-state index in [9.17, 15) is 0 Å². The van der Waals surface area contributed by atoms with Crippen LogP contribution in [0.2, 0.25) is 5.32 Å². The van der Waals surface area contributed by atoms with Gasteiger partial charge in [0.2, 0.25) is 0 Å². The summed E-state index contributed by atoms with van der Waals surface area (Å²) < 4.78 is 0. The predicted octanol–water partition coefficient (Wildman–Crippen LogP) is 4.89. The van der Waals surface area contributed by atoms with Gasteiger partial charge >= 0.3 is 128 Å². The van der Waals surface area contributed by atoms with Gasteiger partial charge in [-0.3, -0.25) is 0 Å². The monoisotopic (exact) mass is 328 g/mol. The van der Waals surface area contributed by atoms with Crippen molar-refractivity contribution in [2.75, 3.05) is 0 Å². The zero-order chi connectivity index (χ0) is 14.2. The molecule has 2 rings (SSSR count). The molecule has 1 heteroatoms. The van der Waals surface area contributed by atoms with Crippen LogP contribution in [0.1, 0.15) is 30.9 Å². The SMILES string of the molecule is CCCC[Se]C#Cc1ccccc1-c1ccc(C)cc1. The van der Waals surface area contributed by atoms with E-state index in [1.165, 1.54) is 34.9 Å². The van der Waals surface area contributed by atoms with Gasteiger partial charge < -0.3 is 0 Å². The van der Waals surface area contributed by atoms with Crippen molar-refractivity contribution in [3.05, 3.63) is 59.7 Å². The van der Waals surface area contributed by atoms with Gasteiger partial charge in [-0.2, -0.15) is 0 Å². The topological polar surface area (TPSA) is 0 Å². The summed E-state index contributed by atoms with van der Waals surface area (Å²) in [5.74, 6) is 3.36. The molecule has 0 spiro atoms. The van der Waals surface area contributed by atoms with E-state index in [-0.39, 0.29) is 0 Å². The summed E-state index contributed by atoms with van der Waals surface area (Å²) in [6.45, 7) is 4.35. The first kappa shape index (κ1) is 14.9. The van der Waals surface area contributed by atoms with E-state index in [4.69, 9.17) is 0 Å². The minimum absolute atomic E-state index is 0.455. The minimum atomic E-state index is 0.455. The Kier molecular flexibility index (Phi) is 5.93. The van der Waals surface area contributed by atoms with E-state index >= 15 is 0 Å². The van der Waals surface area contributed by atoms with Crippen molar-refractivity contribution in [2.45, 2.75) is 32.0 Å². The Morgan fingerprint density at radius 3 is 2.50 bits per heavy atom. The third-order valence-electron chi connectivity index (χ3n) is 3.15. The molecule has 2 aromatic rings. The molecule has 0 aliphatic carbocycles. The van der Waals surface area contributed by atoms with Gasteiger partial charge in [0.05, 0.1) is 0 Å². The first-order chi connectivity index (χ1) is 9.81. The summed E-state index contributed by atoms with van der Waals surface area (Å²) in [5.41, 5.74) is 4.93. The maximum atomic E-state index is 3.37. The van der Waals surface area contributed by atoms with E-state index in [2.05, 4.69) is 73.1 Å². The van der Waals surface area contributed by atoms with Gasteiger partial charge in [0.25, 0.3) is 0 Å². The van der Waals surface area contributed by atoms with Crippen molar-refractivity contribution in [1.29, 1.82) is 0 Å². The molecule has 0 heterocycles. The number of aryl methyl sites for hydroxylation is 1. The Hall–Kier alpha value is -1.48. The average Bonchev–Trinajstić information content (AvgIpc) is 2.48. The fraction of sp³-hybridized carbons (Fsp3) is 0.263. The molecule has 20 heavy (non-hydrogen) atoms. The number of benzene rings is 2. The van der Waals surface area contributed by atoms with Crippen molar-refractivity contribution in [1.82, 2.24) is 0 Å².